The molecular formula is C25H30N4O4S. The largest absolute Gasteiger partial charge is 0.491 e. The Bertz CT molecular complexity index is 1220. The average Bonchev–Trinajstić information content (AvgIpc) is 3.46. The van der Waals surface area contributed by atoms with Crippen LogP contribution in [0.3, 0.4) is 0 Å². The highest BCUT2D eigenvalue weighted by molar-refractivity contribution is 7.18. The number of aromatic amines is 1. The number of carbonyl (C=O) groups is 1. The summed E-state index contributed by atoms with van der Waals surface area (Å²) >= 11 is 1.56. The van der Waals surface area contributed by atoms with Gasteiger partial charge in [-0.15, -0.1) is 11.3 Å². The highest BCUT2D eigenvalue weighted by Gasteiger charge is 2.23. The predicted octanol–water partition coefficient (Wildman–Crippen LogP) is 3.12. The van der Waals surface area contributed by atoms with E-state index in [1.54, 1.807) is 11.3 Å². The lowest BCUT2D eigenvalue weighted by molar-refractivity contribution is 0.0624. The van der Waals surface area contributed by atoms with E-state index in [9.17, 15) is 9.59 Å². The van der Waals surface area contributed by atoms with Crippen molar-refractivity contribution in [2.45, 2.75) is 39.3 Å². The lowest BCUT2D eigenvalue weighted by Crippen LogP contribution is -2.48. The van der Waals surface area contributed by atoms with Crippen LogP contribution in [0.2, 0.25) is 0 Å². The van der Waals surface area contributed by atoms with Crippen LogP contribution in [0, 0.1) is 13.8 Å². The maximum atomic E-state index is 13.0. The molecule has 2 aliphatic heterocycles. The van der Waals surface area contributed by atoms with Gasteiger partial charge in [0.25, 0.3) is 11.5 Å². The third-order valence-electron chi connectivity index (χ3n) is 6.68. The number of piperazine rings is 1. The third kappa shape index (κ3) is 4.87. The van der Waals surface area contributed by atoms with Crippen molar-refractivity contribution in [2.24, 2.45) is 0 Å². The maximum absolute atomic E-state index is 13.0. The van der Waals surface area contributed by atoms with Gasteiger partial charge < -0.3 is 19.4 Å². The second kappa shape index (κ2) is 9.85. The number of ether oxygens (including phenoxy) is 2. The Labute approximate surface area is 202 Å². The quantitative estimate of drug-likeness (QED) is 0.581. The minimum atomic E-state index is -0.0705. The minimum absolute atomic E-state index is 0.0304. The highest BCUT2D eigenvalue weighted by Crippen LogP contribution is 2.26. The van der Waals surface area contributed by atoms with Crippen LogP contribution in [0.25, 0.3) is 10.2 Å². The smallest absolute Gasteiger partial charge is 0.259 e. The summed E-state index contributed by atoms with van der Waals surface area (Å²) in [5.41, 5.74) is 1.60. The first kappa shape index (κ1) is 23.0. The predicted molar refractivity (Wildman–Crippen MR) is 132 cm³/mol. The molecule has 8 nitrogen and oxygen atoms in total. The second-order valence-corrected chi connectivity index (χ2v) is 10.2. The van der Waals surface area contributed by atoms with Crippen LogP contribution in [-0.4, -0.2) is 71.2 Å². The number of hydrogen-bond acceptors (Lipinski definition) is 7. The first-order chi connectivity index (χ1) is 16.5. The van der Waals surface area contributed by atoms with E-state index < -0.39 is 0 Å². The Morgan fingerprint density at radius 3 is 2.68 bits per heavy atom. The zero-order valence-electron chi connectivity index (χ0n) is 19.6. The summed E-state index contributed by atoms with van der Waals surface area (Å²) in [6, 6.07) is 7.36. The molecule has 2 fully saturated rings. The molecule has 1 aromatic carbocycles. The van der Waals surface area contributed by atoms with Gasteiger partial charge in [-0.25, -0.2) is 4.98 Å². The molecule has 4 heterocycles. The molecule has 3 aromatic rings. The zero-order valence-corrected chi connectivity index (χ0v) is 20.5. The van der Waals surface area contributed by atoms with Crippen LogP contribution in [0.1, 0.15) is 39.5 Å². The maximum Gasteiger partial charge on any atom is 0.259 e. The molecule has 1 atom stereocenters. The molecule has 9 heteroatoms. The summed E-state index contributed by atoms with van der Waals surface area (Å²) < 4.78 is 11.4. The summed E-state index contributed by atoms with van der Waals surface area (Å²) in [6.07, 6.45) is 2.30. The first-order valence-corrected chi connectivity index (χ1v) is 12.6. The summed E-state index contributed by atoms with van der Waals surface area (Å²) in [5, 5.41) is 0.699. The van der Waals surface area contributed by atoms with Crippen molar-refractivity contribution in [1.29, 1.82) is 0 Å². The van der Waals surface area contributed by atoms with Crippen LogP contribution >= 0.6 is 11.3 Å². The Hall–Kier alpha value is -2.75. The fourth-order valence-electron chi connectivity index (χ4n) is 4.54. The lowest BCUT2D eigenvalue weighted by Gasteiger charge is -2.34. The van der Waals surface area contributed by atoms with E-state index >= 15 is 0 Å². The topological polar surface area (TPSA) is 87.8 Å². The number of rotatable bonds is 6. The van der Waals surface area contributed by atoms with E-state index in [2.05, 4.69) is 14.9 Å². The number of aromatic nitrogens is 2. The molecule has 0 spiro atoms. The second-order valence-electron chi connectivity index (χ2n) is 9.01. The molecule has 2 saturated heterocycles. The summed E-state index contributed by atoms with van der Waals surface area (Å²) in [7, 11) is 0. The molecule has 2 aliphatic rings. The summed E-state index contributed by atoms with van der Waals surface area (Å²) in [4.78, 5) is 39.1. The number of fused-ring (bicyclic) bond motifs is 1. The number of aryl methyl sites for hydroxylation is 2. The van der Waals surface area contributed by atoms with E-state index in [4.69, 9.17) is 9.47 Å². The molecule has 0 bridgehead atoms. The van der Waals surface area contributed by atoms with Crippen LogP contribution in [0.15, 0.2) is 29.1 Å². The van der Waals surface area contributed by atoms with Crippen LogP contribution in [0.4, 0.5) is 0 Å². The van der Waals surface area contributed by atoms with Gasteiger partial charge in [0.05, 0.1) is 18.0 Å². The van der Waals surface area contributed by atoms with Gasteiger partial charge in [0.2, 0.25) is 0 Å². The van der Waals surface area contributed by atoms with Crippen LogP contribution < -0.4 is 10.3 Å². The zero-order chi connectivity index (χ0) is 23.7. The molecule has 5 rings (SSSR count). The molecule has 1 N–H and O–H groups in total. The number of carbonyl (C=O) groups excluding carboxylic acids is 1. The molecular weight excluding hydrogens is 452 g/mol. The average molecular weight is 483 g/mol. The van der Waals surface area contributed by atoms with E-state index in [0.717, 1.165) is 53.6 Å². The van der Waals surface area contributed by atoms with Gasteiger partial charge in [0.15, 0.2) is 0 Å². The number of H-pyrrole nitrogens is 1. The Morgan fingerprint density at radius 1 is 1.21 bits per heavy atom. The van der Waals surface area contributed by atoms with Gasteiger partial charge in [-0.3, -0.25) is 14.5 Å². The summed E-state index contributed by atoms with van der Waals surface area (Å²) in [6.45, 7) is 8.66. The van der Waals surface area contributed by atoms with Gasteiger partial charge in [0, 0.05) is 43.2 Å². The molecule has 0 unspecified atom stereocenters. The molecule has 0 aliphatic carbocycles. The minimum Gasteiger partial charge on any atom is -0.491 e. The summed E-state index contributed by atoms with van der Waals surface area (Å²) in [5.74, 6) is 1.46. The number of amides is 1. The van der Waals surface area contributed by atoms with Crippen molar-refractivity contribution in [1.82, 2.24) is 19.8 Å². The van der Waals surface area contributed by atoms with Gasteiger partial charge in [-0.2, -0.15) is 0 Å². The molecule has 0 radical (unpaired) electrons. The van der Waals surface area contributed by atoms with Crippen molar-refractivity contribution in [3.63, 3.8) is 0 Å². The Kier molecular flexibility index (Phi) is 6.67. The van der Waals surface area contributed by atoms with E-state index in [-0.39, 0.29) is 17.6 Å². The molecule has 180 valence electrons. The first-order valence-electron chi connectivity index (χ1n) is 11.8. The fourth-order valence-corrected chi connectivity index (χ4v) is 5.59. The standard InChI is InChI=1S/C25H30N4O4S/c1-16-17(2)34-24-22(16)23(30)26-21(27-24)14-28-9-11-29(12-10-28)25(31)18-5-7-19(8-6-18)33-15-20-4-3-13-32-20/h5-8,20H,3-4,9-15H2,1-2H3,(H,26,27,30)/t20-/m1/s1. The normalized spacial score (nSPS) is 19.1. The molecule has 1 amide bonds. The SMILES string of the molecule is Cc1sc2nc(CN3CCN(C(=O)c4ccc(OC[C@H]5CCCO5)cc4)CC3)[nH]c(=O)c2c1C. The van der Waals surface area contributed by atoms with Crippen molar-refractivity contribution in [2.75, 3.05) is 39.4 Å². The molecule has 0 saturated carbocycles. The van der Waals surface area contributed by atoms with E-state index in [1.807, 2.05) is 43.0 Å². The number of hydrogen-bond donors (Lipinski definition) is 1. The van der Waals surface area contributed by atoms with Crippen molar-refractivity contribution in [3.05, 3.63) is 56.4 Å². The Morgan fingerprint density at radius 2 is 1.97 bits per heavy atom. The third-order valence-corrected chi connectivity index (χ3v) is 7.78. The van der Waals surface area contributed by atoms with Crippen molar-refractivity contribution >= 4 is 27.5 Å². The lowest BCUT2D eigenvalue weighted by atomic mass is 10.1. The number of nitrogens with one attached hydrogen (secondary N) is 1. The number of benzene rings is 1. The number of nitrogens with zero attached hydrogens (tertiary/aromatic N) is 3. The van der Waals surface area contributed by atoms with Gasteiger partial charge >= 0.3 is 0 Å². The van der Waals surface area contributed by atoms with Gasteiger partial charge in [0.1, 0.15) is 23.0 Å². The fraction of sp³-hybridized carbons (Fsp3) is 0.480. The van der Waals surface area contributed by atoms with E-state index in [0.29, 0.717) is 43.0 Å². The van der Waals surface area contributed by atoms with Crippen molar-refractivity contribution in [3.8, 4) is 5.75 Å². The number of thiophene rings is 1. The monoisotopic (exact) mass is 482 g/mol. The highest BCUT2D eigenvalue weighted by atomic mass is 32.1. The van der Waals surface area contributed by atoms with Crippen LogP contribution in [0.5, 0.6) is 5.75 Å². The van der Waals surface area contributed by atoms with Gasteiger partial charge in [-0.1, -0.05) is 0 Å². The van der Waals surface area contributed by atoms with Gasteiger partial charge in [-0.05, 0) is 56.5 Å². The van der Waals surface area contributed by atoms with E-state index in [1.165, 1.54) is 0 Å². The molecule has 34 heavy (non-hydrogen) atoms. The Balaban J connectivity index is 1.14. The van der Waals surface area contributed by atoms with Crippen LogP contribution in [-0.2, 0) is 11.3 Å². The molecule has 2 aromatic heterocycles. The van der Waals surface area contributed by atoms with Crippen molar-refractivity contribution < 1.29 is 14.3 Å².